The van der Waals surface area contributed by atoms with E-state index in [1.54, 1.807) is 29.4 Å². The van der Waals surface area contributed by atoms with E-state index in [1.807, 2.05) is 24.3 Å². The summed E-state index contributed by atoms with van der Waals surface area (Å²) in [6.45, 7) is 7.52. The summed E-state index contributed by atoms with van der Waals surface area (Å²) in [5, 5.41) is 3.45. The predicted octanol–water partition coefficient (Wildman–Crippen LogP) is 3.98. The third kappa shape index (κ3) is 4.62. The van der Waals surface area contributed by atoms with Gasteiger partial charge in [0.1, 0.15) is 18.3 Å². The lowest BCUT2D eigenvalue weighted by Crippen LogP contribution is -2.42. The van der Waals surface area contributed by atoms with Crippen LogP contribution < -0.4 is 14.8 Å². The van der Waals surface area contributed by atoms with E-state index in [0.29, 0.717) is 59.6 Å². The molecule has 1 N–H and O–H groups in total. The van der Waals surface area contributed by atoms with E-state index >= 15 is 0 Å². The van der Waals surface area contributed by atoms with Gasteiger partial charge in [-0.15, -0.1) is 0 Å². The van der Waals surface area contributed by atoms with Crippen molar-refractivity contribution in [3.05, 3.63) is 53.8 Å². The molecule has 9 heteroatoms. The largest absolute Gasteiger partial charge is 0.486 e. The fourth-order valence-electron chi connectivity index (χ4n) is 4.98. The summed E-state index contributed by atoms with van der Waals surface area (Å²) in [5.41, 5.74) is 1.07. The van der Waals surface area contributed by atoms with Crippen LogP contribution in [0.15, 0.2) is 51.8 Å². The van der Waals surface area contributed by atoms with Crippen LogP contribution in [-0.4, -0.2) is 51.0 Å². The maximum atomic E-state index is 13.3. The summed E-state index contributed by atoms with van der Waals surface area (Å²) < 4.78 is 45.6. The molecule has 8 nitrogen and oxygen atoms in total. The van der Waals surface area contributed by atoms with Crippen LogP contribution in [0, 0.1) is 18.8 Å². The zero-order valence-corrected chi connectivity index (χ0v) is 20.9. The van der Waals surface area contributed by atoms with Gasteiger partial charge < -0.3 is 19.2 Å². The molecular weight excluding hydrogens is 468 g/mol. The van der Waals surface area contributed by atoms with Crippen LogP contribution in [-0.2, 0) is 10.0 Å². The summed E-state index contributed by atoms with van der Waals surface area (Å²) in [7, 11) is -3.64. The maximum Gasteiger partial charge on any atom is 0.287 e. The molecule has 2 aliphatic heterocycles. The smallest absolute Gasteiger partial charge is 0.287 e. The molecule has 3 heterocycles. The minimum atomic E-state index is -3.64. The highest BCUT2D eigenvalue weighted by Crippen LogP contribution is 2.32. The van der Waals surface area contributed by atoms with Gasteiger partial charge in [0.2, 0.25) is 10.0 Å². The number of nitrogens with zero attached hydrogens (tertiary/aromatic N) is 1. The molecule has 1 aromatic heterocycles. The van der Waals surface area contributed by atoms with Crippen LogP contribution in [0.25, 0.3) is 11.0 Å². The average molecular weight is 499 g/mol. The third-order valence-electron chi connectivity index (χ3n) is 6.64. The lowest BCUT2D eigenvalue weighted by atomic mass is 9.94. The number of aryl methyl sites for hydroxylation is 1. The van der Waals surface area contributed by atoms with Gasteiger partial charge in [0.25, 0.3) is 5.91 Å². The molecule has 35 heavy (non-hydrogen) atoms. The number of benzene rings is 2. The van der Waals surface area contributed by atoms with Crippen molar-refractivity contribution < 1.29 is 27.1 Å². The molecule has 2 aromatic carbocycles. The number of rotatable bonds is 5. The van der Waals surface area contributed by atoms with E-state index in [-0.39, 0.29) is 29.2 Å². The highest BCUT2D eigenvalue weighted by atomic mass is 32.2. The number of ether oxygens (including phenoxy) is 2. The number of furan rings is 1. The number of nitrogens with one attached hydrogen (secondary N) is 1. The fourth-order valence-corrected chi connectivity index (χ4v) is 6.69. The molecule has 2 aliphatic rings. The van der Waals surface area contributed by atoms with Gasteiger partial charge in [0.05, 0.1) is 11.4 Å². The number of sulfonamides is 1. The second-order valence-electron chi connectivity index (χ2n) is 9.69. The molecule has 0 spiro atoms. The van der Waals surface area contributed by atoms with E-state index in [2.05, 4.69) is 19.2 Å². The Labute approximate surface area is 205 Å². The fraction of sp³-hybridized carbons (Fsp3) is 0.423. The van der Waals surface area contributed by atoms with Crippen LogP contribution in [0.5, 0.6) is 11.5 Å². The minimum absolute atomic E-state index is 0.159. The number of carbonyl (C=O) groups is 1. The van der Waals surface area contributed by atoms with Crippen LogP contribution in [0.2, 0.25) is 0 Å². The van der Waals surface area contributed by atoms with E-state index in [1.165, 1.54) is 0 Å². The first-order valence-corrected chi connectivity index (χ1v) is 13.4. The SMILES string of the molecule is Cc1c(C(=O)NC[C@H]2COc3ccccc3O2)oc2ccc(S(=O)(=O)N3C[C@H](C)C[C@H](C)C3)cc12. The zero-order valence-electron chi connectivity index (χ0n) is 20.1. The second kappa shape index (κ2) is 9.20. The first-order valence-electron chi connectivity index (χ1n) is 11.9. The third-order valence-corrected chi connectivity index (χ3v) is 8.47. The van der Waals surface area contributed by atoms with E-state index in [0.717, 1.165) is 6.42 Å². The van der Waals surface area contributed by atoms with Crippen molar-refractivity contribution in [1.29, 1.82) is 0 Å². The quantitative estimate of drug-likeness (QED) is 0.572. The predicted molar refractivity (Wildman–Crippen MR) is 131 cm³/mol. The van der Waals surface area contributed by atoms with Crippen LogP contribution in [0.4, 0.5) is 0 Å². The Morgan fingerprint density at radius 2 is 1.80 bits per heavy atom. The Morgan fingerprint density at radius 1 is 1.09 bits per heavy atom. The second-order valence-corrected chi connectivity index (χ2v) is 11.6. The molecule has 186 valence electrons. The Hall–Kier alpha value is -3.04. The Morgan fingerprint density at radius 3 is 2.54 bits per heavy atom. The molecular formula is C26H30N2O6S. The molecule has 0 aliphatic carbocycles. The Balaban J connectivity index is 1.32. The van der Waals surface area contributed by atoms with E-state index in [4.69, 9.17) is 13.9 Å². The summed E-state index contributed by atoms with van der Waals surface area (Å²) in [4.78, 5) is 13.1. The van der Waals surface area contributed by atoms with Crippen molar-refractivity contribution in [3.8, 4) is 11.5 Å². The lowest BCUT2D eigenvalue weighted by molar-refractivity contribution is 0.0774. The summed E-state index contributed by atoms with van der Waals surface area (Å²) in [6, 6.07) is 12.2. The Kier molecular flexibility index (Phi) is 6.23. The van der Waals surface area contributed by atoms with Gasteiger partial charge in [-0.05, 0) is 55.5 Å². The molecule has 1 amide bonds. The topological polar surface area (TPSA) is 98.1 Å². The number of hydrogen-bond acceptors (Lipinski definition) is 6. The molecule has 1 saturated heterocycles. The molecule has 3 aromatic rings. The van der Waals surface area contributed by atoms with Crippen molar-refractivity contribution in [2.75, 3.05) is 26.2 Å². The number of amides is 1. The monoisotopic (exact) mass is 498 g/mol. The summed E-state index contributed by atoms with van der Waals surface area (Å²) in [6.07, 6.45) is 0.694. The number of carbonyl (C=O) groups excluding carboxylic acids is 1. The van der Waals surface area contributed by atoms with Crippen molar-refractivity contribution >= 4 is 26.9 Å². The molecule has 3 atom stereocenters. The summed E-state index contributed by atoms with van der Waals surface area (Å²) >= 11 is 0. The maximum absolute atomic E-state index is 13.3. The molecule has 0 radical (unpaired) electrons. The van der Waals surface area contributed by atoms with Crippen LogP contribution >= 0.6 is 0 Å². The summed E-state index contributed by atoms with van der Waals surface area (Å²) in [5.74, 6) is 1.73. The number of hydrogen-bond donors (Lipinski definition) is 1. The number of fused-ring (bicyclic) bond motifs is 2. The van der Waals surface area contributed by atoms with Gasteiger partial charge >= 0.3 is 0 Å². The highest BCUT2D eigenvalue weighted by Gasteiger charge is 2.32. The van der Waals surface area contributed by atoms with Crippen molar-refractivity contribution in [2.45, 2.75) is 38.2 Å². The van der Waals surface area contributed by atoms with Crippen molar-refractivity contribution in [1.82, 2.24) is 9.62 Å². The van der Waals surface area contributed by atoms with Crippen LogP contribution in [0.3, 0.4) is 0 Å². The Bertz CT molecular complexity index is 1360. The van der Waals surface area contributed by atoms with Gasteiger partial charge in [-0.2, -0.15) is 4.31 Å². The minimum Gasteiger partial charge on any atom is -0.486 e. The average Bonchev–Trinajstić information content (AvgIpc) is 3.17. The van der Waals surface area contributed by atoms with Gasteiger partial charge in [-0.1, -0.05) is 26.0 Å². The van der Waals surface area contributed by atoms with Gasteiger partial charge in [-0.3, -0.25) is 4.79 Å². The molecule has 5 rings (SSSR count). The van der Waals surface area contributed by atoms with Crippen LogP contribution in [0.1, 0.15) is 36.4 Å². The van der Waals surface area contributed by atoms with Gasteiger partial charge in [0, 0.05) is 24.0 Å². The van der Waals surface area contributed by atoms with Gasteiger partial charge in [0.15, 0.2) is 17.3 Å². The highest BCUT2D eigenvalue weighted by molar-refractivity contribution is 7.89. The molecule has 1 fully saturated rings. The molecule has 0 saturated carbocycles. The molecule has 0 unspecified atom stereocenters. The van der Waals surface area contributed by atoms with Gasteiger partial charge in [-0.25, -0.2) is 8.42 Å². The lowest BCUT2D eigenvalue weighted by Gasteiger charge is -2.34. The standard InChI is InChI=1S/C26H30N2O6S/c1-16-10-17(2)14-28(13-16)35(30,31)20-8-9-22-21(11-20)18(3)25(34-22)26(29)27-12-19-15-32-23-6-4-5-7-24(23)33-19/h4-9,11,16-17,19H,10,12-15H2,1-3H3,(H,27,29)/t16-,17+,19-/m0/s1. The van der Waals surface area contributed by atoms with Crippen molar-refractivity contribution in [2.24, 2.45) is 11.8 Å². The van der Waals surface area contributed by atoms with E-state index < -0.39 is 10.0 Å². The molecule has 0 bridgehead atoms. The van der Waals surface area contributed by atoms with Crippen molar-refractivity contribution in [3.63, 3.8) is 0 Å². The first-order chi connectivity index (χ1) is 16.7. The number of piperidine rings is 1. The number of para-hydroxylation sites is 2. The zero-order chi connectivity index (χ0) is 24.7. The van der Waals surface area contributed by atoms with E-state index in [9.17, 15) is 13.2 Å². The normalized spacial score (nSPS) is 22.8. The first kappa shape index (κ1) is 23.7.